The normalized spacial score (nSPS) is 13.3. The van der Waals surface area contributed by atoms with Gasteiger partial charge in [0.2, 0.25) is 5.91 Å². The molecule has 0 aromatic heterocycles. The lowest BCUT2D eigenvalue weighted by molar-refractivity contribution is -0.120. The molecule has 0 fully saturated rings. The summed E-state index contributed by atoms with van der Waals surface area (Å²) in [5, 5.41) is 12.6. The number of amides is 1. The van der Waals surface area contributed by atoms with Crippen molar-refractivity contribution in [2.24, 2.45) is 0 Å². The lowest BCUT2D eigenvalue weighted by Gasteiger charge is -2.19. The summed E-state index contributed by atoms with van der Waals surface area (Å²) in [6, 6.07) is 15.8. The summed E-state index contributed by atoms with van der Waals surface area (Å²) in [6.07, 6.45) is 0.367. The Morgan fingerprint density at radius 3 is 2.39 bits per heavy atom. The third-order valence-corrected chi connectivity index (χ3v) is 3.72. The smallest absolute Gasteiger partial charge is 0.224 e. The second kappa shape index (κ2) is 8.44. The molecule has 0 aliphatic heterocycles. The molecule has 0 aliphatic rings. The Labute approximate surface area is 136 Å². The topological polar surface area (TPSA) is 49.3 Å². The van der Waals surface area contributed by atoms with E-state index in [1.807, 2.05) is 30.3 Å². The molecular weight excluding hydrogens is 293 g/mol. The Bertz CT molecular complexity index is 611. The number of benzene rings is 2. The quantitative estimate of drug-likeness (QED) is 0.825. The third-order valence-electron chi connectivity index (χ3n) is 3.72. The fraction of sp³-hybridized carbons (Fsp3) is 0.316. The fourth-order valence-electron chi connectivity index (χ4n) is 2.56. The Morgan fingerprint density at radius 1 is 1.13 bits per heavy atom. The molecule has 4 heteroatoms. The van der Waals surface area contributed by atoms with E-state index in [1.165, 1.54) is 12.1 Å². The van der Waals surface area contributed by atoms with E-state index < -0.39 is 6.10 Å². The van der Waals surface area contributed by atoms with Gasteiger partial charge in [0.1, 0.15) is 5.82 Å². The van der Waals surface area contributed by atoms with Crippen molar-refractivity contribution in [1.82, 2.24) is 5.32 Å². The standard InChI is InChI=1S/C19H22FNO2/c1-14(22)11-17(16-5-3-2-4-6-16)13-21-19(23)12-15-7-9-18(20)10-8-15/h2-10,14,17,22H,11-13H2,1H3,(H,21,23). The highest BCUT2D eigenvalue weighted by Gasteiger charge is 2.15. The molecule has 2 N–H and O–H groups in total. The van der Waals surface area contributed by atoms with E-state index in [2.05, 4.69) is 5.32 Å². The maximum Gasteiger partial charge on any atom is 0.224 e. The third kappa shape index (κ3) is 5.83. The number of halogens is 1. The van der Waals surface area contributed by atoms with Crippen molar-refractivity contribution in [1.29, 1.82) is 0 Å². The van der Waals surface area contributed by atoms with E-state index in [4.69, 9.17) is 0 Å². The molecule has 0 aliphatic carbocycles. The predicted molar refractivity (Wildman–Crippen MR) is 88.6 cm³/mol. The van der Waals surface area contributed by atoms with Gasteiger partial charge in [0.25, 0.3) is 0 Å². The monoisotopic (exact) mass is 315 g/mol. The molecule has 122 valence electrons. The Hall–Kier alpha value is -2.20. The van der Waals surface area contributed by atoms with E-state index >= 15 is 0 Å². The van der Waals surface area contributed by atoms with Crippen molar-refractivity contribution in [3.8, 4) is 0 Å². The van der Waals surface area contributed by atoms with Crippen LogP contribution in [0.5, 0.6) is 0 Å². The number of carbonyl (C=O) groups is 1. The molecule has 0 spiro atoms. The molecule has 0 bridgehead atoms. The first kappa shape index (κ1) is 17.2. The maximum absolute atomic E-state index is 12.9. The van der Waals surface area contributed by atoms with Gasteiger partial charge in [-0.25, -0.2) is 4.39 Å². The summed E-state index contributed by atoms with van der Waals surface area (Å²) >= 11 is 0. The summed E-state index contributed by atoms with van der Waals surface area (Å²) in [4.78, 5) is 12.1. The highest BCUT2D eigenvalue weighted by Crippen LogP contribution is 2.20. The molecule has 2 rings (SSSR count). The Balaban J connectivity index is 1.92. The second-order valence-corrected chi connectivity index (χ2v) is 5.80. The van der Waals surface area contributed by atoms with Crippen molar-refractivity contribution < 1.29 is 14.3 Å². The van der Waals surface area contributed by atoms with Gasteiger partial charge in [-0.2, -0.15) is 0 Å². The van der Waals surface area contributed by atoms with Crippen molar-refractivity contribution in [3.05, 3.63) is 71.5 Å². The highest BCUT2D eigenvalue weighted by molar-refractivity contribution is 5.78. The number of hydrogen-bond donors (Lipinski definition) is 2. The first-order chi connectivity index (χ1) is 11.0. The molecular formula is C19H22FNO2. The Morgan fingerprint density at radius 2 is 1.78 bits per heavy atom. The molecule has 0 radical (unpaired) electrons. The average Bonchev–Trinajstić information content (AvgIpc) is 2.54. The van der Waals surface area contributed by atoms with Crippen LogP contribution in [0.25, 0.3) is 0 Å². The SMILES string of the molecule is CC(O)CC(CNC(=O)Cc1ccc(F)cc1)c1ccccc1. The van der Waals surface area contributed by atoms with Gasteiger partial charge in [-0.1, -0.05) is 42.5 Å². The fourth-order valence-corrected chi connectivity index (χ4v) is 2.56. The average molecular weight is 315 g/mol. The molecule has 0 saturated heterocycles. The van der Waals surface area contributed by atoms with Crippen LogP contribution in [-0.2, 0) is 11.2 Å². The minimum atomic E-state index is -0.436. The number of nitrogens with one attached hydrogen (secondary N) is 1. The van der Waals surface area contributed by atoms with Crippen LogP contribution in [0.15, 0.2) is 54.6 Å². The van der Waals surface area contributed by atoms with E-state index in [0.717, 1.165) is 11.1 Å². The van der Waals surface area contributed by atoms with Crippen LogP contribution in [0.4, 0.5) is 4.39 Å². The van der Waals surface area contributed by atoms with Crippen LogP contribution in [0.2, 0.25) is 0 Å². The number of aliphatic hydroxyl groups is 1. The number of rotatable bonds is 7. The van der Waals surface area contributed by atoms with E-state index in [0.29, 0.717) is 13.0 Å². The van der Waals surface area contributed by atoms with E-state index in [1.54, 1.807) is 19.1 Å². The molecule has 2 aromatic carbocycles. The zero-order valence-electron chi connectivity index (χ0n) is 13.2. The molecule has 23 heavy (non-hydrogen) atoms. The van der Waals surface area contributed by atoms with Crippen LogP contribution in [0.1, 0.15) is 30.4 Å². The van der Waals surface area contributed by atoms with Gasteiger partial charge >= 0.3 is 0 Å². The van der Waals surface area contributed by atoms with Gasteiger partial charge in [-0.3, -0.25) is 4.79 Å². The Kier molecular flexibility index (Phi) is 6.29. The summed E-state index contributed by atoms with van der Waals surface area (Å²) < 4.78 is 12.9. The van der Waals surface area contributed by atoms with Crippen LogP contribution in [0.3, 0.4) is 0 Å². The molecule has 2 aromatic rings. The summed E-state index contributed by atoms with van der Waals surface area (Å²) in [7, 11) is 0. The van der Waals surface area contributed by atoms with Crippen LogP contribution in [0, 0.1) is 5.82 Å². The number of carbonyl (C=O) groups excluding carboxylic acids is 1. The summed E-state index contributed by atoms with van der Waals surface area (Å²) in [6.45, 7) is 2.21. The van der Waals surface area contributed by atoms with Crippen LogP contribution < -0.4 is 5.32 Å². The minimum absolute atomic E-state index is 0.0633. The maximum atomic E-state index is 12.9. The van der Waals surface area contributed by atoms with Crippen molar-refractivity contribution >= 4 is 5.91 Å². The van der Waals surface area contributed by atoms with Gasteiger partial charge in [0, 0.05) is 12.5 Å². The second-order valence-electron chi connectivity index (χ2n) is 5.80. The molecule has 2 unspecified atom stereocenters. The summed E-state index contributed by atoms with van der Waals surface area (Å²) in [5.74, 6) is -0.355. The molecule has 1 amide bonds. The first-order valence-electron chi connectivity index (χ1n) is 7.78. The molecule has 0 saturated carbocycles. The number of aliphatic hydroxyl groups excluding tert-OH is 1. The first-order valence-corrected chi connectivity index (χ1v) is 7.78. The van der Waals surface area contributed by atoms with Gasteiger partial charge < -0.3 is 10.4 Å². The highest BCUT2D eigenvalue weighted by atomic mass is 19.1. The molecule has 3 nitrogen and oxygen atoms in total. The van der Waals surface area contributed by atoms with Gasteiger partial charge in [-0.05, 0) is 36.6 Å². The molecule has 2 atom stereocenters. The summed E-state index contributed by atoms with van der Waals surface area (Å²) in [5.41, 5.74) is 1.87. The van der Waals surface area contributed by atoms with Crippen molar-refractivity contribution in [2.75, 3.05) is 6.54 Å². The van der Waals surface area contributed by atoms with Crippen molar-refractivity contribution in [3.63, 3.8) is 0 Å². The largest absolute Gasteiger partial charge is 0.393 e. The molecule has 0 heterocycles. The van der Waals surface area contributed by atoms with Gasteiger partial charge in [0.05, 0.1) is 12.5 Å². The zero-order valence-corrected chi connectivity index (χ0v) is 13.2. The van der Waals surface area contributed by atoms with Gasteiger partial charge in [-0.15, -0.1) is 0 Å². The minimum Gasteiger partial charge on any atom is -0.393 e. The number of hydrogen-bond acceptors (Lipinski definition) is 2. The van der Waals surface area contributed by atoms with Crippen LogP contribution >= 0.6 is 0 Å². The van der Waals surface area contributed by atoms with Crippen LogP contribution in [-0.4, -0.2) is 23.7 Å². The van der Waals surface area contributed by atoms with Gasteiger partial charge in [0.15, 0.2) is 0 Å². The van der Waals surface area contributed by atoms with E-state index in [-0.39, 0.29) is 24.1 Å². The zero-order chi connectivity index (χ0) is 16.7. The van der Waals surface area contributed by atoms with Crippen molar-refractivity contribution in [2.45, 2.75) is 31.8 Å². The van der Waals surface area contributed by atoms with E-state index in [9.17, 15) is 14.3 Å². The predicted octanol–water partition coefficient (Wildman–Crippen LogP) is 3.04. The lowest BCUT2D eigenvalue weighted by Crippen LogP contribution is -2.30. The lowest BCUT2D eigenvalue weighted by atomic mass is 9.93.